The Bertz CT molecular complexity index is 292. The van der Waals surface area contributed by atoms with Crippen LogP contribution in [-0.4, -0.2) is 28.2 Å². The molecule has 1 rings (SSSR count). The zero-order chi connectivity index (χ0) is 10.6. The fourth-order valence-corrected chi connectivity index (χ4v) is 1.07. The molecule has 0 aliphatic heterocycles. The lowest BCUT2D eigenvalue weighted by molar-refractivity contribution is 0.425. The second-order valence-corrected chi connectivity index (χ2v) is 3.54. The van der Waals surface area contributed by atoms with Crippen molar-refractivity contribution in [2.24, 2.45) is 0 Å². The van der Waals surface area contributed by atoms with Crippen LogP contribution in [0.2, 0.25) is 0 Å². The molecule has 14 heavy (non-hydrogen) atoms. The van der Waals surface area contributed by atoms with E-state index in [-0.39, 0.29) is 0 Å². The van der Waals surface area contributed by atoms with E-state index in [1.54, 1.807) is 12.3 Å². The first-order chi connectivity index (χ1) is 6.59. The molecule has 0 radical (unpaired) electrons. The van der Waals surface area contributed by atoms with Crippen LogP contribution in [-0.2, 0) is 6.54 Å². The molecule has 0 amide bonds. The number of nitrogens with one attached hydrogen (secondary N) is 1. The highest BCUT2D eigenvalue weighted by Crippen LogP contribution is 1.94. The third-order valence-electron chi connectivity index (χ3n) is 1.83. The highest BCUT2D eigenvalue weighted by atomic mass is 16.4. The van der Waals surface area contributed by atoms with Crippen molar-refractivity contribution in [3.05, 3.63) is 24.0 Å². The minimum absolute atomic E-state index is 0.401. The van der Waals surface area contributed by atoms with E-state index >= 15 is 0 Å². The third kappa shape index (κ3) is 3.45. The summed E-state index contributed by atoms with van der Waals surface area (Å²) < 4.78 is 0. The Balaban J connectivity index is 2.64. The summed E-state index contributed by atoms with van der Waals surface area (Å²) in [5.74, 6) is 0. The van der Waals surface area contributed by atoms with Gasteiger partial charge in [-0.15, -0.1) is 0 Å². The van der Waals surface area contributed by atoms with E-state index in [0.29, 0.717) is 18.0 Å². The number of hydrogen-bond donors (Lipinski definition) is 3. The van der Waals surface area contributed by atoms with E-state index in [2.05, 4.69) is 24.1 Å². The molecule has 76 valence electrons. The predicted octanol–water partition coefficient (Wildman–Crippen LogP) is -0.741. The van der Waals surface area contributed by atoms with Gasteiger partial charge in [0.25, 0.3) is 0 Å². The average Bonchev–Trinajstić information content (AvgIpc) is 2.15. The van der Waals surface area contributed by atoms with Gasteiger partial charge in [0.15, 0.2) is 0 Å². The van der Waals surface area contributed by atoms with Crippen LogP contribution in [0.15, 0.2) is 18.5 Å². The fraction of sp³-hybridized carbons (Fsp3) is 0.444. The molecular formula is C9H15BN2O2. The quantitative estimate of drug-likeness (QED) is 0.552. The molecule has 1 aromatic rings. The minimum Gasteiger partial charge on any atom is -0.423 e. The SMILES string of the molecule is CC(C)NCc1cncc(B(O)O)c1. The standard InChI is InChI=1S/C9H15BN2O2/c1-7(2)12-5-8-3-9(10(13)14)6-11-4-8/h3-4,6-7,12-14H,5H2,1-2H3. The summed E-state index contributed by atoms with van der Waals surface area (Å²) in [7, 11) is -1.44. The van der Waals surface area contributed by atoms with Crippen molar-refractivity contribution in [2.75, 3.05) is 0 Å². The molecule has 5 heteroatoms. The Hall–Kier alpha value is -0.905. The van der Waals surface area contributed by atoms with E-state index in [9.17, 15) is 0 Å². The van der Waals surface area contributed by atoms with E-state index in [1.165, 1.54) is 6.20 Å². The van der Waals surface area contributed by atoms with Crippen molar-refractivity contribution in [1.82, 2.24) is 10.3 Å². The molecular weight excluding hydrogens is 179 g/mol. The van der Waals surface area contributed by atoms with Gasteiger partial charge in [0.05, 0.1) is 0 Å². The molecule has 0 aromatic carbocycles. The molecule has 1 heterocycles. The van der Waals surface area contributed by atoms with Crippen LogP contribution >= 0.6 is 0 Å². The maximum Gasteiger partial charge on any atom is 0.490 e. The smallest absolute Gasteiger partial charge is 0.423 e. The fourth-order valence-electron chi connectivity index (χ4n) is 1.07. The lowest BCUT2D eigenvalue weighted by atomic mass is 9.81. The van der Waals surface area contributed by atoms with Gasteiger partial charge >= 0.3 is 7.12 Å². The highest BCUT2D eigenvalue weighted by Gasteiger charge is 2.11. The van der Waals surface area contributed by atoms with Crippen LogP contribution in [0, 0.1) is 0 Å². The maximum absolute atomic E-state index is 8.92. The van der Waals surface area contributed by atoms with E-state index in [0.717, 1.165) is 5.56 Å². The summed E-state index contributed by atoms with van der Waals surface area (Å²) in [6.07, 6.45) is 3.16. The Kier molecular flexibility index (Phi) is 4.07. The molecule has 0 saturated carbocycles. The number of hydrogen-bond acceptors (Lipinski definition) is 4. The molecule has 0 spiro atoms. The summed E-state index contributed by atoms with van der Waals surface area (Å²) in [6.45, 7) is 4.79. The Morgan fingerprint density at radius 3 is 2.71 bits per heavy atom. The van der Waals surface area contributed by atoms with Crippen LogP contribution in [0.5, 0.6) is 0 Å². The largest absolute Gasteiger partial charge is 0.490 e. The van der Waals surface area contributed by atoms with Crippen molar-refractivity contribution >= 4 is 12.6 Å². The molecule has 4 nitrogen and oxygen atoms in total. The van der Waals surface area contributed by atoms with Crippen molar-refractivity contribution in [3.63, 3.8) is 0 Å². The normalized spacial score (nSPS) is 10.6. The molecule has 0 fully saturated rings. The summed E-state index contributed by atoms with van der Waals surface area (Å²) in [4.78, 5) is 3.92. The lowest BCUT2D eigenvalue weighted by Crippen LogP contribution is -2.31. The number of aromatic nitrogens is 1. The van der Waals surface area contributed by atoms with E-state index in [4.69, 9.17) is 10.0 Å². The second kappa shape index (κ2) is 5.09. The van der Waals surface area contributed by atoms with Crippen molar-refractivity contribution < 1.29 is 10.0 Å². The van der Waals surface area contributed by atoms with Gasteiger partial charge < -0.3 is 15.4 Å². The van der Waals surface area contributed by atoms with Crippen LogP contribution in [0.1, 0.15) is 19.4 Å². The Morgan fingerprint density at radius 1 is 1.43 bits per heavy atom. The van der Waals surface area contributed by atoms with Crippen molar-refractivity contribution in [2.45, 2.75) is 26.4 Å². The van der Waals surface area contributed by atoms with E-state index < -0.39 is 7.12 Å². The zero-order valence-corrected chi connectivity index (χ0v) is 8.44. The minimum atomic E-state index is -1.44. The first-order valence-corrected chi connectivity index (χ1v) is 4.63. The van der Waals surface area contributed by atoms with Crippen molar-refractivity contribution in [1.29, 1.82) is 0 Å². The van der Waals surface area contributed by atoms with Crippen LogP contribution in [0.3, 0.4) is 0 Å². The second-order valence-electron chi connectivity index (χ2n) is 3.54. The van der Waals surface area contributed by atoms with Gasteiger partial charge in [0.1, 0.15) is 0 Å². The van der Waals surface area contributed by atoms with E-state index in [1.807, 2.05) is 0 Å². The van der Waals surface area contributed by atoms with Gasteiger partial charge in [0.2, 0.25) is 0 Å². The summed E-state index contributed by atoms with van der Waals surface area (Å²) in [5.41, 5.74) is 1.37. The van der Waals surface area contributed by atoms with Gasteiger partial charge in [-0.2, -0.15) is 0 Å². The number of rotatable bonds is 4. The predicted molar refractivity (Wildman–Crippen MR) is 56.0 cm³/mol. The van der Waals surface area contributed by atoms with Gasteiger partial charge in [-0.3, -0.25) is 4.98 Å². The number of pyridine rings is 1. The van der Waals surface area contributed by atoms with Gasteiger partial charge in [-0.05, 0) is 5.56 Å². The van der Waals surface area contributed by atoms with Crippen LogP contribution in [0.4, 0.5) is 0 Å². The average molecular weight is 194 g/mol. The molecule has 0 saturated heterocycles. The van der Waals surface area contributed by atoms with Crippen LogP contribution < -0.4 is 10.8 Å². The highest BCUT2D eigenvalue weighted by molar-refractivity contribution is 6.58. The maximum atomic E-state index is 8.92. The monoisotopic (exact) mass is 194 g/mol. The first-order valence-electron chi connectivity index (χ1n) is 4.63. The third-order valence-corrected chi connectivity index (χ3v) is 1.83. The summed E-state index contributed by atoms with van der Waals surface area (Å²) in [6, 6.07) is 2.13. The first kappa shape index (κ1) is 11.2. The number of nitrogens with zero attached hydrogens (tertiary/aromatic N) is 1. The van der Waals surface area contributed by atoms with Crippen LogP contribution in [0.25, 0.3) is 0 Å². The van der Waals surface area contributed by atoms with Gasteiger partial charge in [-0.25, -0.2) is 0 Å². The molecule has 3 N–H and O–H groups in total. The molecule has 0 aliphatic rings. The Labute approximate surface area is 84.1 Å². The van der Waals surface area contributed by atoms with Gasteiger partial charge in [-0.1, -0.05) is 19.9 Å². The van der Waals surface area contributed by atoms with Gasteiger partial charge in [0, 0.05) is 30.4 Å². The molecule has 1 aromatic heterocycles. The Morgan fingerprint density at radius 2 is 2.14 bits per heavy atom. The topological polar surface area (TPSA) is 65.4 Å². The molecule has 0 atom stereocenters. The molecule has 0 aliphatic carbocycles. The van der Waals surface area contributed by atoms with Crippen molar-refractivity contribution in [3.8, 4) is 0 Å². The summed E-state index contributed by atoms with van der Waals surface area (Å²) >= 11 is 0. The summed E-state index contributed by atoms with van der Waals surface area (Å²) in [5, 5.41) is 21.1. The molecule has 0 bridgehead atoms. The lowest BCUT2D eigenvalue weighted by Gasteiger charge is -2.08. The molecule has 0 unspecified atom stereocenters. The zero-order valence-electron chi connectivity index (χ0n) is 8.44.